The Bertz CT molecular complexity index is 1070. The third kappa shape index (κ3) is 2.83. The van der Waals surface area contributed by atoms with E-state index in [0.717, 1.165) is 0 Å². The second kappa shape index (κ2) is 6.55. The van der Waals surface area contributed by atoms with E-state index < -0.39 is 12.1 Å². The van der Waals surface area contributed by atoms with Crippen molar-refractivity contribution < 1.29 is 44.2 Å². The zero-order chi connectivity index (χ0) is 20.9. The first-order valence-electron chi connectivity index (χ1n) is 8.40. The molecule has 29 heavy (non-hydrogen) atoms. The molecule has 0 spiro atoms. The number of aliphatic carboxylic acids is 1. The number of methoxy groups -OCH3 is 2. The van der Waals surface area contributed by atoms with E-state index in [1.54, 1.807) is 0 Å². The summed E-state index contributed by atoms with van der Waals surface area (Å²) < 4.78 is 21.6. The van der Waals surface area contributed by atoms with Gasteiger partial charge in [-0.25, -0.2) is 0 Å². The summed E-state index contributed by atoms with van der Waals surface area (Å²) in [7, 11) is 2.73. The molecule has 9 nitrogen and oxygen atoms in total. The molecule has 0 fully saturated rings. The van der Waals surface area contributed by atoms with E-state index in [1.165, 1.54) is 44.6 Å². The Balaban J connectivity index is 1.93. The van der Waals surface area contributed by atoms with Gasteiger partial charge < -0.3 is 44.2 Å². The fourth-order valence-electron chi connectivity index (χ4n) is 3.29. The molecule has 1 atom stereocenters. The van der Waals surface area contributed by atoms with E-state index in [9.17, 15) is 25.2 Å². The van der Waals surface area contributed by atoms with Crippen molar-refractivity contribution in [2.75, 3.05) is 14.2 Å². The molecular formula is C20H17O9+. The standard InChI is InChI=1S/C20H16O9/c1-26-13-3-8(4-14(27-2)18(13)23)19-17(22)10-7-15(20(24)25)28-11-5-9(21)6-12(29-19)16(10)11/h3-7,19,21-23H,1-2H3,(H,24,25)/p+1. The highest BCUT2D eigenvalue weighted by Crippen LogP contribution is 2.51. The van der Waals surface area contributed by atoms with Crippen LogP contribution in [-0.2, 0) is 0 Å². The normalized spacial score (nSPS) is 16.9. The van der Waals surface area contributed by atoms with Crippen LogP contribution in [0.3, 0.4) is 0 Å². The molecule has 0 saturated heterocycles. The van der Waals surface area contributed by atoms with E-state index in [0.29, 0.717) is 11.1 Å². The Labute approximate surface area is 164 Å². The van der Waals surface area contributed by atoms with Crippen LogP contribution in [0, 0.1) is 0 Å². The highest BCUT2D eigenvalue weighted by Gasteiger charge is 2.37. The largest absolute Gasteiger partial charge is 0.552 e. The van der Waals surface area contributed by atoms with Crippen LogP contribution < -0.4 is 18.9 Å². The van der Waals surface area contributed by atoms with E-state index in [4.69, 9.17) is 18.9 Å². The van der Waals surface area contributed by atoms with Crippen LogP contribution >= 0.6 is 0 Å². The molecule has 2 heterocycles. The third-order valence-electron chi connectivity index (χ3n) is 4.61. The summed E-state index contributed by atoms with van der Waals surface area (Å²) in [6, 6.07) is 5.54. The first-order chi connectivity index (χ1) is 13.8. The molecule has 0 aromatic heterocycles. The molecule has 2 aliphatic heterocycles. The van der Waals surface area contributed by atoms with Gasteiger partial charge in [-0.3, -0.25) is 0 Å². The number of carboxylic acids is 1. The lowest BCUT2D eigenvalue weighted by atomic mass is 9.92. The summed E-state index contributed by atoms with van der Waals surface area (Å²) in [5.74, 6) is -1.54. The zero-order valence-electron chi connectivity index (χ0n) is 15.3. The number of benzene rings is 2. The fraction of sp³-hybridized carbons (Fsp3) is 0.150. The van der Waals surface area contributed by atoms with Crippen molar-refractivity contribution in [1.29, 1.82) is 0 Å². The second-order valence-corrected chi connectivity index (χ2v) is 6.32. The maximum atomic E-state index is 10.9. The van der Waals surface area contributed by atoms with Gasteiger partial charge in [0.2, 0.25) is 5.75 Å². The lowest BCUT2D eigenvalue weighted by Gasteiger charge is -2.30. The number of aliphatic hydroxyl groups is 1. The van der Waals surface area contributed by atoms with Gasteiger partial charge in [-0.2, -0.15) is 0 Å². The Morgan fingerprint density at radius 1 is 1.00 bits per heavy atom. The highest BCUT2D eigenvalue weighted by molar-refractivity contribution is 5.96. The van der Waals surface area contributed by atoms with Crippen molar-refractivity contribution in [3.63, 3.8) is 0 Å². The predicted octanol–water partition coefficient (Wildman–Crippen LogP) is 2.85. The van der Waals surface area contributed by atoms with Crippen molar-refractivity contribution in [2.24, 2.45) is 0 Å². The average molecular weight is 401 g/mol. The first kappa shape index (κ1) is 18.4. The average Bonchev–Trinajstić information content (AvgIpc) is 2.69. The summed E-state index contributed by atoms with van der Waals surface area (Å²) >= 11 is 0. The summed E-state index contributed by atoms with van der Waals surface area (Å²) in [6.45, 7) is 0. The quantitative estimate of drug-likeness (QED) is 0.574. The topological polar surface area (TPSA) is 139 Å². The number of aromatic hydroxyl groups is 2. The summed E-state index contributed by atoms with van der Waals surface area (Å²) in [6.07, 6.45) is 0.185. The van der Waals surface area contributed by atoms with Gasteiger partial charge in [-0.1, -0.05) is 0 Å². The number of carboxylic acid groups (broad SMARTS) is 1. The molecule has 150 valence electrons. The number of allylic oxidation sites excluding steroid dienone is 2. The van der Waals surface area contributed by atoms with E-state index in [-0.39, 0.29) is 51.6 Å². The molecule has 1 unspecified atom stereocenters. The van der Waals surface area contributed by atoms with Crippen LogP contribution in [0.25, 0.3) is 5.57 Å². The molecule has 5 N–H and O–H groups in total. The van der Waals surface area contributed by atoms with Crippen LogP contribution in [0.15, 0.2) is 41.9 Å². The Morgan fingerprint density at radius 2 is 1.62 bits per heavy atom. The van der Waals surface area contributed by atoms with E-state index in [1.807, 2.05) is 0 Å². The lowest BCUT2D eigenvalue weighted by molar-refractivity contribution is 0.170. The molecule has 0 aliphatic carbocycles. The van der Waals surface area contributed by atoms with Crippen molar-refractivity contribution in [2.45, 2.75) is 6.10 Å². The second-order valence-electron chi connectivity index (χ2n) is 6.32. The molecule has 9 heteroatoms. The Kier molecular flexibility index (Phi) is 4.15. The van der Waals surface area contributed by atoms with Crippen LogP contribution in [0.2, 0.25) is 0 Å². The van der Waals surface area contributed by atoms with E-state index in [2.05, 4.69) is 0 Å². The highest BCUT2D eigenvalue weighted by atomic mass is 16.5. The van der Waals surface area contributed by atoms with Gasteiger partial charge in [0.25, 0.3) is 5.76 Å². The number of phenols is 2. The van der Waals surface area contributed by atoms with Gasteiger partial charge in [0.15, 0.2) is 17.6 Å². The number of ether oxygens (including phenoxy) is 4. The first-order valence-corrected chi connectivity index (χ1v) is 8.40. The van der Waals surface area contributed by atoms with Crippen molar-refractivity contribution in [3.8, 4) is 34.5 Å². The van der Waals surface area contributed by atoms with Crippen LogP contribution in [0.5, 0.6) is 34.5 Å². The zero-order valence-corrected chi connectivity index (χ0v) is 15.3. The van der Waals surface area contributed by atoms with Gasteiger partial charge in [0, 0.05) is 29.3 Å². The molecule has 0 saturated carbocycles. The predicted molar refractivity (Wildman–Crippen MR) is 101 cm³/mol. The Hall–Kier alpha value is -4.01. The molecular weight excluding hydrogens is 384 g/mol. The van der Waals surface area contributed by atoms with Gasteiger partial charge in [0.05, 0.1) is 19.8 Å². The molecule has 0 amide bonds. The number of rotatable bonds is 4. The SMILES string of the molecule is COc1cc(C2Oc3cc(O)cc4c3C(=C2O)C=C(C(O)=[OH+])O4)cc(OC)c1O. The summed E-state index contributed by atoms with van der Waals surface area (Å²) in [5, 5.41) is 40.5. The molecule has 2 aliphatic rings. The van der Waals surface area contributed by atoms with E-state index >= 15 is 0 Å². The third-order valence-corrected chi connectivity index (χ3v) is 4.61. The van der Waals surface area contributed by atoms with Gasteiger partial charge in [-0.05, 0) is 12.1 Å². The number of phenolic OH excluding ortho intramolecular Hbond substituents is 2. The molecule has 2 aromatic rings. The smallest absolute Gasteiger partial charge is 0.508 e. The molecule has 4 rings (SSSR count). The minimum absolute atomic E-state index is 0.0824. The Morgan fingerprint density at radius 3 is 2.21 bits per heavy atom. The summed E-state index contributed by atoms with van der Waals surface area (Å²) in [4.78, 5) is 9.43. The van der Waals surface area contributed by atoms with Gasteiger partial charge in [-0.15, -0.1) is 0 Å². The number of hydrogen-bond donors (Lipinski definition) is 4. The van der Waals surface area contributed by atoms with Crippen LogP contribution in [-0.4, -0.2) is 45.4 Å². The fourth-order valence-corrected chi connectivity index (χ4v) is 3.29. The minimum atomic E-state index is -1.09. The van der Waals surface area contributed by atoms with Gasteiger partial charge in [0.1, 0.15) is 23.0 Å². The monoisotopic (exact) mass is 401 g/mol. The lowest BCUT2D eigenvalue weighted by Crippen LogP contribution is -2.21. The van der Waals surface area contributed by atoms with Crippen LogP contribution in [0.1, 0.15) is 17.2 Å². The minimum Gasteiger partial charge on any atom is -0.508 e. The molecule has 2 aromatic carbocycles. The maximum Gasteiger partial charge on any atom is 0.552 e. The number of hydrogen-bond acceptors (Lipinski definition) is 7. The molecule has 0 bridgehead atoms. The van der Waals surface area contributed by atoms with Crippen LogP contribution in [0.4, 0.5) is 0 Å². The maximum absolute atomic E-state index is 10.9. The van der Waals surface area contributed by atoms with Crippen molar-refractivity contribution in [1.82, 2.24) is 0 Å². The molecule has 0 radical (unpaired) electrons. The van der Waals surface area contributed by atoms with Crippen molar-refractivity contribution >= 4 is 11.5 Å². The number of aliphatic hydroxyl groups excluding tert-OH is 2. The van der Waals surface area contributed by atoms with Gasteiger partial charge >= 0.3 is 5.97 Å². The van der Waals surface area contributed by atoms with Crippen molar-refractivity contribution in [3.05, 3.63) is 53.0 Å². The summed E-state index contributed by atoms with van der Waals surface area (Å²) in [5.41, 5.74) is 0.953.